The molecular formula is C24H20N6O2S. The van der Waals surface area contributed by atoms with Gasteiger partial charge in [-0.2, -0.15) is 0 Å². The number of nitrogens with one attached hydrogen (secondary N) is 1. The van der Waals surface area contributed by atoms with Gasteiger partial charge in [0.25, 0.3) is 0 Å². The van der Waals surface area contributed by atoms with Crippen LogP contribution in [-0.4, -0.2) is 39.6 Å². The fourth-order valence-corrected chi connectivity index (χ4v) is 4.48. The van der Waals surface area contributed by atoms with Gasteiger partial charge in [-0.3, -0.25) is 9.78 Å². The minimum absolute atomic E-state index is 0.0732. The van der Waals surface area contributed by atoms with Crippen molar-refractivity contribution in [3.8, 4) is 22.6 Å². The van der Waals surface area contributed by atoms with Gasteiger partial charge in [-0.15, -0.1) is 11.3 Å². The third-order valence-electron chi connectivity index (χ3n) is 5.03. The van der Waals surface area contributed by atoms with Gasteiger partial charge < -0.3 is 14.7 Å². The molecule has 4 heterocycles. The van der Waals surface area contributed by atoms with Crippen LogP contribution in [0.4, 0.5) is 11.6 Å². The third-order valence-corrected chi connectivity index (χ3v) is 5.90. The molecule has 0 bridgehead atoms. The van der Waals surface area contributed by atoms with Gasteiger partial charge in [0.05, 0.1) is 11.9 Å². The molecule has 33 heavy (non-hydrogen) atoms. The molecule has 9 heteroatoms. The smallest absolute Gasteiger partial charge is 0.245 e. The van der Waals surface area contributed by atoms with Gasteiger partial charge >= 0.3 is 0 Å². The van der Waals surface area contributed by atoms with Crippen LogP contribution in [0.5, 0.6) is 0 Å². The van der Waals surface area contributed by atoms with Crippen molar-refractivity contribution in [3.05, 3.63) is 71.9 Å². The number of hydrogen-bond donors (Lipinski definition) is 1. The summed E-state index contributed by atoms with van der Waals surface area (Å²) in [6.45, 7) is 1.84. The Balaban J connectivity index is 1.56. The minimum Gasteiger partial charge on any atom is -0.360 e. The number of rotatable bonds is 6. The second-order valence-electron chi connectivity index (χ2n) is 7.51. The quantitative estimate of drug-likeness (QED) is 0.392. The van der Waals surface area contributed by atoms with Gasteiger partial charge in [0, 0.05) is 30.3 Å². The number of carbonyl (C=O) groups is 1. The highest BCUT2D eigenvalue weighted by Gasteiger charge is 2.21. The Bertz CT molecular complexity index is 1420. The SMILES string of the molecule is Cc1cc(NC(=O)CN(C)c2nc(-c3ccccn3)nc3scc(-c4ccccc4)c23)no1. The van der Waals surface area contributed by atoms with Crippen molar-refractivity contribution in [2.75, 3.05) is 23.8 Å². The van der Waals surface area contributed by atoms with E-state index in [2.05, 4.69) is 33.0 Å². The molecule has 1 amide bonds. The van der Waals surface area contributed by atoms with E-state index in [1.165, 1.54) is 0 Å². The molecule has 0 aliphatic rings. The number of hydrogen-bond acceptors (Lipinski definition) is 8. The summed E-state index contributed by atoms with van der Waals surface area (Å²) in [5.74, 6) is 1.95. The first-order chi connectivity index (χ1) is 16.1. The molecule has 0 unspecified atom stereocenters. The van der Waals surface area contributed by atoms with Crippen LogP contribution >= 0.6 is 11.3 Å². The number of amides is 1. The highest BCUT2D eigenvalue weighted by molar-refractivity contribution is 7.17. The monoisotopic (exact) mass is 456 g/mol. The summed E-state index contributed by atoms with van der Waals surface area (Å²) in [5.41, 5.74) is 2.76. The standard InChI is InChI=1S/C24H20N6O2S/c1-15-12-19(29-32-15)26-20(31)13-30(2)23-21-17(16-8-4-3-5-9-16)14-33-24(21)28-22(27-23)18-10-6-7-11-25-18/h3-12,14H,13H2,1-2H3,(H,26,29,31). The molecular weight excluding hydrogens is 436 g/mol. The van der Waals surface area contributed by atoms with E-state index in [1.54, 1.807) is 30.5 Å². The molecule has 0 saturated carbocycles. The van der Waals surface area contributed by atoms with Crippen molar-refractivity contribution in [3.63, 3.8) is 0 Å². The number of thiophene rings is 1. The van der Waals surface area contributed by atoms with Crippen LogP contribution in [0.3, 0.4) is 0 Å². The largest absolute Gasteiger partial charge is 0.360 e. The Labute approximate surface area is 193 Å². The topological polar surface area (TPSA) is 97.0 Å². The van der Waals surface area contributed by atoms with Crippen LogP contribution in [0.2, 0.25) is 0 Å². The van der Waals surface area contributed by atoms with Crippen molar-refractivity contribution in [2.24, 2.45) is 0 Å². The number of nitrogens with zero attached hydrogens (tertiary/aromatic N) is 5. The molecule has 1 aromatic carbocycles. The molecule has 8 nitrogen and oxygen atoms in total. The summed E-state index contributed by atoms with van der Waals surface area (Å²) >= 11 is 1.54. The average Bonchev–Trinajstić information content (AvgIpc) is 3.45. The van der Waals surface area contributed by atoms with Gasteiger partial charge in [0.1, 0.15) is 22.1 Å². The normalized spacial score (nSPS) is 11.0. The number of fused-ring (bicyclic) bond motifs is 1. The minimum atomic E-state index is -0.228. The first-order valence-corrected chi connectivity index (χ1v) is 11.2. The molecule has 0 aliphatic carbocycles. The summed E-state index contributed by atoms with van der Waals surface area (Å²) in [4.78, 5) is 29.4. The van der Waals surface area contributed by atoms with Crippen LogP contribution in [0, 0.1) is 6.92 Å². The molecule has 5 rings (SSSR count). The van der Waals surface area contributed by atoms with Gasteiger partial charge in [-0.1, -0.05) is 41.6 Å². The zero-order valence-corrected chi connectivity index (χ0v) is 18.8. The summed E-state index contributed by atoms with van der Waals surface area (Å²) in [7, 11) is 1.84. The fourth-order valence-electron chi connectivity index (χ4n) is 3.54. The maximum atomic E-state index is 12.7. The van der Waals surface area contributed by atoms with Crippen molar-refractivity contribution >= 4 is 39.1 Å². The van der Waals surface area contributed by atoms with Crippen LogP contribution in [0.1, 0.15) is 5.76 Å². The summed E-state index contributed by atoms with van der Waals surface area (Å²) in [6, 6.07) is 17.4. The second kappa shape index (κ2) is 8.79. The maximum Gasteiger partial charge on any atom is 0.245 e. The van der Waals surface area contributed by atoms with E-state index in [1.807, 2.05) is 48.3 Å². The summed E-state index contributed by atoms with van der Waals surface area (Å²) < 4.78 is 5.03. The molecule has 164 valence electrons. The van der Waals surface area contributed by atoms with Crippen molar-refractivity contribution < 1.29 is 9.32 Å². The van der Waals surface area contributed by atoms with Crippen molar-refractivity contribution in [2.45, 2.75) is 6.92 Å². The third kappa shape index (κ3) is 4.31. The fraction of sp³-hybridized carbons (Fsp3) is 0.125. The summed E-state index contributed by atoms with van der Waals surface area (Å²) in [6.07, 6.45) is 1.71. The maximum absolute atomic E-state index is 12.7. The van der Waals surface area contributed by atoms with E-state index in [0.29, 0.717) is 28.9 Å². The molecule has 0 radical (unpaired) electrons. The van der Waals surface area contributed by atoms with Crippen LogP contribution in [0.15, 0.2) is 70.7 Å². The lowest BCUT2D eigenvalue weighted by Gasteiger charge is -2.19. The predicted molar refractivity (Wildman–Crippen MR) is 129 cm³/mol. The lowest BCUT2D eigenvalue weighted by molar-refractivity contribution is -0.115. The Kier molecular flexibility index (Phi) is 5.54. The van der Waals surface area contributed by atoms with E-state index in [9.17, 15) is 4.79 Å². The Morgan fingerprint density at radius 3 is 2.67 bits per heavy atom. The lowest BCUT2D eigenvalue weighted by Crippen LogP contribution is -2.31. The zero-order chi connectivity index (χ0) is 22.8. The number of benzene rings is 1. The van der Waals surface area contributed by atoms with E-state index < -0.39 is 0 Å². The second-order valence-corrected chi connectivity index (χ2v) is 8.37. The van der Waals surface area contributed by atoms with E-state index in [0.717, 1.165) is 21.3 Å². The van der Waals surface area contributed by atoms with Gasteiger partial charge in [0.15, 0.2) is 11.6 Å². The molecule has 1 N–H and O–H groups in total. The van der Waals surface area contributed by atoms with E-state index >= 15 is 0 Å². The lowest BCUT2D eigenvalue weighted by atomic mass is 10.1. The number of aromatic nitrogens is 4. The number of pyridine rings is 1. The predicted octanol–water partition coefficient (Wildman–Crippen LogP) is 4.79. The van der Waals surface area contributed by atoms with Gasteiger partial charge in [-0.05, 0) is 24.6 Å². The average molecular weight is 457 g/mol. The number of anilines is 2. The first-order valence-electron chi connectivity index (χ1n) is 10.3. The summed E-state index contributed by atoms with van der Waals surface area (Å²) in [5, 5.41) is 9.56. The van der Waals surface area contributed by atoms with Crippen LogP contribution < -0.4 is 10.2 Å². The van der Waals surface area contributed by atoms with E-state index in [4.69, 9.17) is 14.5 Å². The van der Waals surface area contributed by atoms with Crippen LogP contribution in [-0.2, 0) is 4.79 Å². The van der Waals surface area contributed by atoms with Crippen LogP contribution in [0.25, 0.3) is 32.9 Å². The molecule has 4 aromatic heterocycles. The first kappa shape index (κ1) is 20.8. The Hall–Kier alpha value is -4.11. The Morgan fingerprint density at radius 2 is 1.94 bits per heavy atom. The molecule has 0 spiro atoms. The Morgan fingerprint density at radius 1 is 1.12 bits per heavy atom. The number of likely N-dealkylation sites (N-methyl/N-ethyl adjacent to an activating group) is 1. The molecule has 0 saturated heterocycles. The van der Waals surface area contributed by atoms with Crippen molar-refractivity contribution in [1.82, 2.24) is 20.1 Å². The molecule has 0 aliphatic heterocycles. The number of aryl methyl sites for hydroxylation is 1. The number of carbonyl (C=O) groups excluding carboxylic acids is 1. The zero-order valence-electron chi connectivity index (χ0n) is 18.0. The van der Waals surface area contributed by atoms with Gasteiger partial charge in [0.2, 0.25) is 5.91 Å². The van der Waals surface area contributed by atoms with E-state index in [-0.39, 0.29) is 12.5 Å². The molecule has 5 aromatic rings. The van der Waals surface area contributed by atoms with Gasteiger partial charge in [-0.25, -0.2) is 9.97 Å². The molecule has 0 atom stereocenters. The highest BCUT2D eigenvalue weighted by Crippen LogP contribution is 2.39. The molecule has 0 fully saturated rings. The highest BCUT2D eigenvalue weighted by atomic mass is 32.1. The van der Waals surface area contributed by atoms with Crippen molar-refractivity contribution in [1.29, 1.82) is 0 Å².